The first-order chi connectivity index (χ1) is 7.84. The summed E-state index contributed by atoms with van der Waals surface area (Å²) in [5.74, 6) is -0.125. The number of nitrogens with zero attached hydrogens (tertiary/aromatic N) is 1. The molecule has 0 bridgehead atoms. The highest BCUT2D eigenvalue weighted by Gasteiger charge is 2.33. The standard InChI is InChI=1S/C10H12F3N3O/c1-17-7-3-2-6(5-16-9(14)15)8(4-7)10(11,12)13/h2-4H,5H2,1H3,(H4,14,15,16). The Morgan fingerprint density at radius 1 is 1.35 bits per heavy atom. The van der Waals surface area contributed by atoms with E-state index in [0.717, 1.165) is 6.07 Å². The predicted molar refractivity (Wildman–Crippen MR) is 57.5 cm³/mol. The minimum absolute atomic E-state index is 0.00769. The molecule has 0 fully saturated rings. The second-order valence-electron chi connectivity index (χ2n) is 3.26. The van der Waals surface area contributed by atoms with Crippen LogP contribution < -0.4 is 16.2 Å². The molecule has 0 aromatic heterocycles. The van der Waals surface area contributed by atoms with Crippen LogP contribution in [0.2, 0.25) is 0 Å². The van der Waals surface area contributed by atoms with E-state index in [2.05, 4.69) is 4.99 Å². The molecule has 0 saturated carbocycles. The molecule has 0 heterocycles. The summed E-state index contributed by atoms with van der Waals surface area (Å²) in [7, 11) is 1.30. The Balaban J connectivity index is 3.16. The summed E-state index contributed by atoms with van der Waals surface area (Å²) in [6, 6.07) is 3.62. The molecule has 0 aliphatic heterocycles. The Morgan fingerprint density at radius 2 is 2.00 bits per heavy atom. The van der Waals surface area contributed by atoms with E-state index in [1.807, 2.05) is 0 Å². The van der Waals surface area contributed by atoms with Gasteiger partial charge in [0.25, 0.3) is 0 Å². The number of nitrogens with two attached hydrogens (primary N) is 2. The lowest BCUT2D eigenvalue weighted by Crippen LogP contribution is -2.23. The van der Waals surface area contributed by atoms with Crippen LogP contribution in [0.5, 0.6) is 5.75 Å². The highest BCUT2D eigenvalue weighted by atomic mass is 19.4. The van der Waals surface area contributed by atoms with Crippen molar-refractivity contribution in [2.45, 2.75) is 12.7 Å². The van der Waals surface area contributed by atoms with E-state index in [4.69, 9.17) is 16.2 Å². The molecule has 0 atom stereocenters. The molecular formula is C10H12F3N3O. The third-order valence-electron chi connectivity index (χ3n) is 2.05. The number of rotatable bonds is 3. The van der Waals surface area contributed by atoms with E-state index in [1.54, 1.807) is 0 Å². The van der Waals surface area contributed by atoms with Crippen LogP contribution in [0.25, 0.3) is 0 Å². The van der Waals surface area contributed by atoms with Gasteiger partial charge < -0.3 is 16.2 Å². The van der Waals surface area contributed by atoms with E-state index in [9.17, 15) is 13.2 Å². The Kier molecular flexibility index (Phi) is 3.82. The summed E-state index contributed by atoms with van der Waals surface area (Å²) >= 11 is 0. The second-order valence-corrected chi connectivity index (χ2v) is 3.26. The van der Waals surface area contributed by atoms with Gasteiger partial charge in [0.2, 0.25) is 0 Å². The molecule has 0 spiro atoms. The molecule has 0 unspecified atom stereocenters. The van der Waals surface area contributed by atoms with Crippen LogP contribution in [0.3, 0.4) is 0 Å². The van der Waals surface area contributed by atoms with Crippen molar-refractivity contribution in [3.8, 4) is 5.75 Å². The van der Waals surface area contributed by atoms with Crippen molar-refractivity contribution >= 4 is 5.96 Å². The van der Waals surface area contributed by atoms with Gasteiger partial charge in [-0.15, -0.1) is 0 Å². The molecule has 0 saturated heterocycles. The zero-order valence-corrected chi connectivity index (χ0v) is 9.08. The summed E-state index contributed by atoms with van der Waals surface area (Å²) in [4.78, 5) is 3.56. The Hall–Kier alpha value is -1.92. The summed E-state index contributed by atoms with van der Waals surface area (Å²) in [6.07, 6.45) is -4.47. The molecule has 7 heteroatoms. The molecule has 4 N–H and O–H groups in total. The van der Waals surface area contributed by atoms with Gasteiger partial charge in [0, 0.05) is 0 Å². The van der Waals surface area contributed by atoms with Crippen LogP contribution in [-0.4, -0.2) is 13.1 Å². The number of hydrogen-bond donors (Lipinski definition) is 2. The maximum atomic E-state index is 12.7. The number of aliphatic imine (C=N–C) groups is 1. The summed E-state index contributed by atoms with van der Waals surface area (Å²) < 4.78 is 42.9. The minimum Gasteiger partial charge on any atom is -0.497 e. The fourth-order valence-corrected chi connectivity index (χ4v) is 1.26. The lowest BCUT2D eigenvalue weighted by Gasteiger charge is -2.13. The number of guanidine groups is 1. The molecule has 1 aromatic rings. The summed E-state index contributed by atoms with van der Waals surface area (Å²) in [6.45, 7) is -0.221. The van der Waals surface area contributed by atoms with Crippen molar-refractivity contribution in [2.75, 3.05) is 7.11 Å². The zero-order chi connectivity index (χ0) is 13.1. The van der Waals surface area contributed by atoms with Crippen molar-refractivity contribution in [1.29, 1.82) is 0 Å². The first-order valence-corrected chi connectivity index (χ1v) is 4.64. The van der Waals surface area contributed by atoms with Crippen LogP contribution in [0.4, 0.5) is 13.2 Å². The highest BCUT2D eigenvalue weighted by molar-refractivity contribution is 5.75. The zero-order valence-electron chi connectivity index (χ0n) is 9.08. The van der Waals surface area contributed by atoms with Gasteiger partial charge in [-0.25, -0.2) is 4.99 Å². The SMILES string of the molecule is COc1ccc(CN=C(N)N)c(C(F)(F)F)c1. The van der Waals surface area contributed by atoms with Gasteiger partial charge in [-0.1, -0.05) is 6.07 Å². The van der Waals surface area contributed by atoms with E-state index >= 15 is 0 Å². The second kappa shape index (κ2) is 4.94. The quantitative estimate of drug-likeness (QED) is 0.627. The van der Waals surface area contributed by atoms with Crippen molar-refractivity contribution in [1.82, 2.24) is 0 Å². The number of ether oxygens (including phenoxy) is 1. The van der Waals surface area contributed by atoms with Crippen molar-refractivity contribution in [3.05, 3.63) is 29.3 Å². The predicted octanol–water partition coefficient (Wildman–Crippen LogP) is 1.49. The summed E-state index contributed by atoms with van der Waals surface area (Å²) in [5, 5.41) is 0. The third-order valence-corrected chi connectivity index (χ3v) is 2.05. The molecule has 17 heavy (non-hydrogen) atoms. The number of alkyl halides is 3. The van der Waals surface area contributed by atoms with Crippen LogP contribution in [-0.2, 0) is 12.7 Å². The Labute approximate surface area is 96.1 Å². The van der Waals surface area contributed by atoms with Crippen molar-refractivity contribution < 1.29 is 17.9 Å². The van der Waals surface area contributed by atoms with Gasteiger partial charge >= 0.3 is 6.18 Å². The lowest BCUT2D eigenvalue weighted by molar-refractivity contribution is -0.138. The maximum absolute atomic E-state index is 12.7. The molecule has 1 aromatic carbocycles. The number of hydrogen-bond acceptors (Lipinski definition) is 2. The first-order valence-electron chi connectivity index (χ1n) is 4.64. The first kappa shape index (κ1) is 13.1. The summed E-state index contributed by atoms with van der Waals surface area (Å²) in [5.41, 5.74) is 9.34. The molecule has 94 valence electrons. The van der Waals surface area contributed by atoms with Gasteiger partial charge in [0.05, 0.1) is 19.2 Å². The van der Waals surface area contributed by atoms with E-state index in [0.29, 0.717) is 0 Å². The number of halogens is 3. The van der Waals surface area contributed by atoms with Crippen LogP contribution in [0.15, 0.2) is 23.2 Å². The average Bonchev–Trinajstić information content (AvgIpc) is 2.24. The molecule has 0 amide bonds. The smallest absolute Gasteiger partial charge is 0.416 e. The minimum atomic E-state index is -4.47. The molecule has 4 nitrogen and oxygen atoms in total. The van der Waals surface area contributed by atoms with Crippen LogP contribution in [0, 0.1) is 0 Å². The van der Waals surface area contributed by atoms with Crippen molar-refractivity contribution in [3.63, 3.8) is 0 Å². The lowest BCUT2D eigenvalue weighted by atomic mass is 10.1. The van der Waals surface area contributed by atoms with Crippen LogP contribution >= 0.6 is 0 Å². The third kappa shape index (κ3) is 3.54. The molecule has 1 rings (SSSR count). The van der Waals surface area contributed by atoms with Gasteiger partial charge in [-0.2, -0.15) is 13.2 Å². The van der Waals surface area contributed by atoms with Crippen molar-refractivity contribution in [2.24, 2.45) is 16.5 Å². The van der Waals surface area contributed by atoms with Crippen LogP contribution in [0.1, 0.15) is 11.1 Å². The monoisotopic (exact) mass is 247 g/mol. The van der Waals surface area contributed by atoms with E-state index in [1.165, 1.54) is 19.2 Å². The van der Waals surface area contributed by atoms with Gasteiger partial charge in [-0.05, 0) is 17.7 Å². The molecule has 0 aliphatic rings. The topological polar surface area (TPSA) is 73.6 Å². The van der Waals surface area contributed by atoms with E-state index < -0.39 is 11.7 Å². The normalized spacial score (nSPS) is 11.1. The Morgan fingerprint density at radius 3 is 2.47 bits per heavy atom. The fourth-order valence-electron chi connectivity index (χ4n) is 1.26. The van der Waals surface area contributed by atoms with Gasteiger partial charge in [0.15, 0.2) is 5.96 Å². The Bertz CT molecular complexity index is 425. The largest absolute Gasteiger partial charge is 0.497 e. The number of benzene rings is 1. The fraction of sp³-hybridized carbons (Fsp3) is 0.300. The van der Waals surface area contributed by atoms with Gasteiger partial charge in [-0.3, -0.25) is 0 Å². The van der Waals surface area contributed by atoms with Gasteiger partial charge in [0.1, 0.15) is 5.75 Å². The molecule has 0 radical (unpaired) electrons. The molecular weight excluding hydrogens is 235 g/mol. The highest BCUT2D eigenvalue weighted by Crippen LogP contribution is 2.34. The average molecular weight is 247 g/mol. The molecule has 0 aliphatic carbocycles. The maximum Gasteiger partial charge on any atom is 0.416 e. The number of methoxy groups -OCH3 is 1. The van der Waals surface area contributed by atoms with E-state index in [-0.39, 0.29) is 23.8 Å².